The van der Waals surface area contributed by atoms with Crippen molar-refractivity contribution in [3.05, 3.63) is 106 Å². The first-order valence-corrected chi connectivity index (χ1v) is 11.1. The Morgan fingerprint density at radius 2 is 1.71 bits per heavy atom. The van der Waals surface area contributed by atoms with Crippen LogP contribution in [0.2, 0.25) is 5.02 Å². The van der Waals surface area contributed by atoms with Gasteiger partial charge >= 0.3 is 0 Å². The van der Waals surface area contributed by atoms with Crippen LogP contribution < -0.4 is 15.5 Å². The number of hydrogen-bond donors (Lipinski definition) is 1. The van der Waals surface area contributed by atoms with Crippen molar-refractivity contribution in [3.63, 3.8) is 0 Å². The molecule has 1 aromatic heterocycles. The van der Waals surface area contributed by atoms with Gasteiger partial charge in [0.2, 0.25) is 11.2 Å². The molecule has 0 saturated carbocycles. The number of amides is 1. The lowest BCUT2D eigenvalue weighted by molar-refractivity contribution is -0.118. The molecule has 5 nitrogen and oxygen atoms in total. The molecule has 34 heavy (non-hydrogen) atoms. The third-order valence-corrected chi connectivity index (χ3v) is 5.77. The predicted molar refractivity (Wildman–Crippen MR) is 136 cm³/mol. The first kappa shape index (κ1) is 21.7. The van der Waals surface area contributed by atoms with Gasteiger partial charge in [-0.25, -0.2) is 0 Å². The highest BCUT2D eigenvalue weighted by molar-refractivity contribution is 6.31. The summed E-state index contributed by atoms with van der Waals surface area (Å²) in [7, 11) is 0. The number of carbonyl (C=O) groups is 1. The molecule has 0 saturated heterocycles. The Morgan fingerprint density at radius 1 is 0.941 bits per heavy atom. The zero-order chi connectivity index (χ0) is 23.7. The molecule has 1 amide bonds. The third kappa shape index (κ3) is 4.26. The number of anilines is 1. The molecular formula is C28H20ClNO4. The van der Waals surface area contributed by atoms with Crippen molar-refractivity contribution < 1.29 is 13.9 Å². The summed E-state index contributed by atoms with van der Waals surface area (Å²) in [6.45, 7) is 1.61. The normalized spacial score (nSPS) is 11.0. The van der Waals surface area contributed by atoms with Crippen molar-refractivity contribution in [2.45, 2.75) is 6.92 Å². The number of benzene rings is 4. The van der Waals surface area contributed by atoms with E-state index in [1.54, 1.807) is 12.1 Å². The van der Waals surface area contributed by atoms with E-state index in [9.17, 15) is 9.59 Å². The lowest BCUT2D eigenvalue weighted by atomic mass is 10.1. The summed E-state index contributed by atoms with van der Waals surface area (Å²) in [6, 6.07) is 25.8. The SMILES string of the molecule is Cc1ccc(-c2oc3ccc(Cl)cc3c(=O)c2OCC(=O)Nc2cccc3ccccc23)cc1. The molecule has 1 N–H and O–H groups in total. The summed E-state index contributed by atoms with van der Waals surface area (Å²) in [5, 5.41) is 5.48. The standard InChI is InChI=1S/C28H20ClNO4/c1-17-9-11-19(12-10-17)27-28(26(32)22-15-20(29)13-14-24(22)34-27)33-16-25(31)30-23-8-4-6-18-5-2-3-7-21(18)23/h2-15H,16H2,1H3,(H,30,31). The smallest absolute Gasteiger partial charge is 0.262 e. The van der Waals surface area contributed by atoms with Gasteiger partial charge in [-0.15, -0.1) is 0 Å². The van der Waals surface area contributed by atoms with Gasteiger partial charge in [0.1, 0.15) is 5.58 Å². The van der Waals surface area contributed by atoms with Crippen molar-refractivity contribution in [2.24, 2.45) is 0 Å². The van der Waals surface area contributed by atoms with E-state index in [4.69, 9.17) is 20.8 Å². The monoisotopic (exact) mass is 469 g/mol. The van der Waals surface area contributed by atoms with E-state index < -0.39 is 11.3 Å². The predicted octanol–water partition coefficient (Wildman–Crippen LogP) is 6.59. The van der Waals surface area contributed by atoms with Crippen molar-refractivity contribution in [1.82, 2.24) is 0 Å². The fourth-order valence-electron chi connectivity index (χ4n) is 3.83. The Bertz CT molecular complexity index is 1580. The second kappa shape index (κ2) is 9.04. The fourth-order valence-corrected chi connectivity index (χ4v) is 4.01. The highest BCUT2D eigenvalue weighted by Crippen LogP contribution is 2.32. The number of aryl methyl sites for hydroxylation is 1. The van der Waals surface area contributed by atoms with E-state index in [1.165, 1.54) is 6.07 Å². The molecule has 5 aromatic rings. The van der Waals surface area contributed by atoms with Gasteiger partial charge in [0.25, 0.3) is 5.91 Å². The molecule has 0 atom stereocenters. The van der Waals surface area contributed by atoms with Crippen molar-refractivity contribution in [1.29, 1.82) is 0 Å². The van der Waals surface area contributed by atoms with Crippen LogP contribution in [0.5, 0.6) is 5.75 Å². The molecule has 0 spiro atoms. The van der Waals surface area contributed by atoms with Crippen molar-refractivity contribution in [2.75, 3.05) is 11.9 Å². The number of carbonyl (C=O) groups excluding carboxylic acids is 1. The van der Waals surface area contributed by atoms with Crippen LogP contribution in [0, 0.1) is 6.92 Å². The first-order chi connectivity index (χ1) is 16.5. The van der Waals surface area contributed by atoms with E-state index in [0.29, 0.717) is 21.9 Å². The van der Waals surface area contributed by atoms with E-state index in [-0.39, 0.29) is 23.5 Å². The molecule has 0 aliphatic rings. The average molecular weight is 470 g/mol. The molecule has 0 fully saturated rings. The maximum absolute atomic E-state index is 13.3. The number of hydrogen-bond acceptors (Lipinski definition) is 4. The minimum atomic E-state index is -0.392. The van der Waals surface area contributed by atoms with Gasteiger partial charge in [0, 0.05) is 21.7 Å². The van der Waals surface area contributed by atoms with E-state index in [1.807, 2.05) is 73.7 Å². The zero-order valence-corrected chi connectivity index (χ0v) is 19.1. The molecule has 5 rings (SSSR count). The summed E-state index contributed by atoms with van der Waals surface area (Å²) >= 11 is 6.10. The molecule has 0 aliphatic carbocycles. The van der Waals surface area contributed by atoms with Crippen LogP contribution in [0.4, 0.5) is 5.69 Å². The molecule has 4 aromatic carbocycles. The molecule has 0 aliphatic heterocycles. The van der Waals surface area contributed by atoms with Gasteiger partial charge < -0.3 is 14.5 Å². The Labute approximate surface area is 200 Å². The quantitative estimate of drug-likeness (QED) is 0.315. The van der Waals surface area contributed by atoms with Gasteiger partial charge in [-0.1, -0.05) is 77.8 Å². The summed E-state index contributed by atoms with van der Waals surface area (Å²) in [6.07, 6.45) is 0. The number of nitrogens with one attached hydrogen (secondary N) is 1. The molecule has 0 unspecified atom stereocenters. The number of halogens is 1. The lowest BCUT2D eigenvalue weighted by Gasteiger charge is -2.13. The van der Waals surface area contributed by atoms with Crippen molar-refractivity contribution >= 4 is 44.9 Å². The summed E-state index contributed by atoms with van der Waals surface area (Å²) in [4.78, 5) is 26.1. The van der Waals surface area contributed by atoms with Crippen LogP contribution in [-0.4, -0.2) is 12.5 Å². The minimum absolute atomic E-state index is 0.0355. The van der Waals surface area contributed by atoms with Gasteiger partial charge in [0.15, 0.2) is 12.4 Å². The van der Waals surface area contributed by atoms with Crippen LogP contribution in [0.15, 0.2) is 94.1 Å². The second-order valence-electron chi connectivity index (χ2n) is 7.96. The van der Waals surface area contributed by atoms with Crippen LogP contribution >= 0.6 is 11.6 Å². The zero-order valence-electron chi connectivity index (χ0n) is 18.3. The van der Waals surface area contributed by atoms with Crippen LogP contribution in [0.25, 0.3) is 33.1 Å². The highest BCUT2D eigenvalue weighted by Gasteiger charge is 2.19. The summed E-state index contributed by atoms with van der Waals surface area (Å²) in [5.41, 5.74) is 2.40. The Morgan fingerprint density at radius 3 is 2.53 bits per heavy atom. The molecule has 168 valence electrons. The third-order valence-electron chi connectivity index (χ3n) is 5.54. The summed E-state index contributed by atoms with van der Waals surface area (Å²) in [5.74, 6) is -0.165. The lowest BCUT2D eigenvalue weighted by Crippen LogP contribution is -2.22. The maximum atomic E-state index is 13.3. The highest BCUT2D eigenvalue weighted by atomic mass is 35.5. The maximum Gasteiger partial charge on any atom is 0.262 e. The van der Waals surface area contributed by atoms with Gasteiger partial charge in [-0.3, -0.25) is 9.59 Å². The average Bonchev–Trinajstić information content (AvgIpc) is 2.84. The summed E-state index contributed by atoms with van der Waals surface area (Å²) < 4.78 is 11.8. The Balaban J connectivity index is 1.49. The Hall–Kier alpha value is -4.09. The van der Waals surface area contributed by atoms with Gasteiger partial charge in [0.05, 0.1) is 5.39 Å². The van der Waals surface area contributed by atoms with Gasteiger partial charge in [-0.2, -0.15) is 0 Å². The van der Waals surface area contributed by atoms with E-state index >= 15 is 0 Å². The molecule has 6 heteroatoms. The molecular weight excluding hydrogens is 450 g/mol. The molecule has 0 radical (unpaired) electrons. The van der Waals surface area contributed by atoms with E-state index in [0.717, 1.165) is 16.3 Å². The number of rotatable bonds is 5. The minimum Gasteiger partial charge on any atom is -0.476 e. The molecule has 1 heterocycles. The fraction of sp³-hybridized carbons (Fsp3) is 0.0714. The largest absolute Gasteiger partial charge is 0.476 e. The number of ether oxygens (including phenoxy) is 1. The number of fused-ring (bicyclic) bond motifs is 2. The van der Waals surface area contributed by atoms with E-state index in [2.05, 4.69) is 5.32 Å². The first-order valence-electron chi connectivity index (χ1n) is 10.7. The van der Waals surface area contributed by atoms with Crippen LogP contribution in [0.1, 0.15) is 5.56 Å². The van der Waals surface area contributed by atoms with Crippen LogP contribution in [0.3, 0.4) is 0 Å². The van der Waals surface area contributed by atoms with Crippen molar-refractivity contribution in [3.8, 4) is 17.1 Å². The molecule has 0 bridgehead atoms. The van der Waals surface area contributed by atoms with Crippen LogP contribution in [-0.2, 0) is 4.79 Å². The Kier molecular flexibility index (Phi) is 5.78. The second-order valence-corrected chi connectivity index (χ2v) is 8.40. The topological polar surface area (TPSA) is 68.5 Å². The van der Waals surface area contributed by atoms with Gasteiger partial charge in [-0.05, 0) is 36.6 Å².